The van der Waals surface area contributed by atoms with E-state index in [-0.39, 0.29) is 22.4 Å². The van der Waals surface area contributed by atoms with Crippen molar-refractivity contribution in [1.82, 2.24) is 4.98 Å². The third-order valence-electron chi connectivity index (χ3n) is 2.61. The number of hydrogen-bond donors (Lipinski definition) is 3. The number of amides is 1. The van der Waals surface area contributed by atoms with E-state index in [1.165, 1.54) is 30.6 Å². The second kappa shape index (κ2) is 5.83. The van der Waals surface area contributed by atoms with Gasteiger partial charge >= 0.3 is 11.9 Å². The lowest BCUT2D eigenvalue weighted by Crippen LogP contribution is -2.13. The van der Waals surface area contributed by atoms with Crippen molar-refractivity contribution in [3.05, 3.63) is 59.4 Å². The fraction of sp³-hybridized carbons (Fsp3) is 0. The van der Waals surface area contributed by atoms with Crippen LogP contribution >= 0.6 is 0 Å². The second-order valence-electron chi connectivity index (χ2n) is 4.11. The van der Waals surface area contributed by atoms with Crippen LogP contribution in [0.2, 0.25) is 0 Å². The molecule has 1 aromatic heterocycles. The van der Waals surface area contributed by atoms with E-state index in [4.69, 9.17) is 10.2 Å². The molecule has 0 aliphatic heterocycles. The van der Waals surface area contributed by atoms with Gasteiger partial charge in [-0.15, -0.1) is 0 Å². The molecule has 0 saturated carbocycles. The summed E-state index contributed by atoms with van der Waals surface area (Å²) in [6.45, 7) is 0. The number of rotatable bonds is 4. The molecule has 0 aliphatic carbocycles. The van der Waals surface area contributed by atoms with Crippen LogP contribution in [0.15, 0.2) is 42.7 Å². The predicted molar refractivity (Wildman–Crippen MR) is 72.6 cm³/mol. The summed E-state index contributed by atoms with van der Waals surface area (Å²) in [7, 11) is 0. The van der Waals surface area contributed by atoms with Gasteiger partial charge in [0.05, 0.1) is 16.7 Å². The van der Waals surface area contributed by atoms with Crippen LogP contribution in [0.5, 0.6) is 0 Å². The van der Waals surface area contributed by atoms with Gasteiger partial charge in [-0.1, -0.05) is 0 Å². The largest absolute Gasteiger partial charge is 0.478 e. The van der Waals surface area contributed by atoms with E-state index < -0.39 is 17.8 Å². The minimum atomic E-state index is -1.28. The van der Waals surface area contributed by atoms with E-state index in [0.29, 0.717) is 0 Å². The van der Waals surface area contributed by atoms with Gasteiger partial charge in [-0.3, -0.25) is 9.78 Å². The van der Waals surface area contributed by atoms with Crippen LogP contribution in [0, 0.1) is 0 Å². The first-order chi connectivity index (χ1) is 9.97. The van der Waals surface area contributed by atoms with Gasteiger partial charge in [0.1, 0.15) is 0 Å². The molecule has 2 aromatic rings. The van der Waals surface area contributed by atoms with Gasteiger partial charge in [-0.05, 0) is 30.3 Å². The Morgan fingerprint density at radius 2 is 1.57 bits per heavy atom. The Balaban J connectivity index is 2.33. The van der Waals surface area contributed by atoms with Crippen LogP contribution in [0.1, 0.15) is 31.1 Å². The van der Waals surface area contributed by atoms with Crippen molar-refractivity contribution >= 4 is 23.5 Å². The number of carbonyl (C=O) groups is 3. The fourth-order valence-corrected chi connectivity index (χ4v) is 1.65. The Hall–Kier alpha value is -3.22. The average molecular weight is 286 g/mol. The summed E-state index contributed by atoms with van der Waals surface area (Å²) in [5.41, 5.74) is -0.0935. The van der Waals surface area contributed by atoms with E-state index >= 15 is 0 Å². The lowest BCUT2D eigenvalue weighted by atomic mass is 10.1. The van der Waals surface area contributed by atoms with Gasteiger partial charge < -0.3 is 15.5 Å². The zero-order chi connectivity index (χ0) is 15.4. The Morgan fingerprint density at radius 1 is 0.952 bits per heavy atom. The molecule has 0 saturated heterocycles. The molecule has 0 bridgehead atoms. The topological polar surface area (TPSA) is 117 Å². The van der Waals surface area contributed by atoms with Crippen LogP contribution in [0.4, 0.5) is 5.69 Å². The molecule has 0 radical (unpaired) electrons. The molecule has 2 rings (SSSR count). The monoisotopic (exact) mass is 286 g/mol. The zero-order valence-corrected chi connectivity index (χ0v) is 10.6. The first-order valence-electron chi connectivity index (χ1n) is 5.80. The van der Waals surface area contributed by atoms with Crippen molar-refractivity contribution in [3.8, 4) is 0 Å². The number of anilines is 1. The van der Waals surface area contributed by atoms with Crippen molar-refractivity contribution in [2.45, 2.75) is 0 Å². The SMILES string of the molecule is O=C(O)c1cc(NC(=O)c2cccnc2)cc(C(=O)O)c1. The highest BCUT2D eigenvalue weighted by molar-refractivity contribution is 6.05. The van der Waals surface area contributed by atoms with Gasteiger partial charge in [0.15, 0.2) is 0 Å². The molecule has 0 unspecified atom stereocenters. The van der Waals surface area contributed by atoms with Crippen molar-refractivity contribution in [2.75, 3.05) is 5.32 Å². The standard InChI is InChI=1S/C14H10N2O5/c17-12(8-2-1-3-15-7-8)16-11-5-9(13(18)19)4-10(6-11)14(20)21/h1-7H,(H,16,17)(H,18,19)(H,20,21). The highest BCUT2D eigenvalue weighted by Gasteiger charge is 2.13. The number of nitrogens with one attached hydrogen (secondary N) is 1. The summed E-state index contributed by atoms with van der Waals surface area (Å²) in [4.78, 5) is 37.7. The molecule has 21 heavy (non-hydrogen) atoms. The predicted octanol–water partition coefficient (Wildman–Crippen LogP) is 1.73. The lowest BCUT2D eigenvalue weighted by molar-refractivity contribution is 0.0696. The van der Waals surface area contributed by atoms with Crippen molar-refractivity contribution in [2.24, 2.45) is 0 Å². The van der Waals surface area contributed by atoms with Crippen LogP contribution in [0.25, 0.3) is 0 Å². The Bertz CT molecular complexity index is 680. The molecular formula is C14H10N2O5. The molecule has 7 nitrogen and oxygen atoms in total. The average Bonchev–Trinajstić information content (AvgIpc) is 2.47. The summed E-state index contributed by atoms with van der Waals surface area (Å²) in [6, 6.07) is 6.49. The smallest absolute Gasteiger partial charge is 0.335 e. The first kappa shape index (κ1) is 14.2. The van der Waals surface area contributed by atoms with E-state index in [1.807, 2.05) is 0 Å². The number of carbonyl (C=O) groups excluding carboxylic acids is 1. The van der Waals surface area contributed by atoms with E-state index in [0.717, 1.165) is 6.07 Å². The molecule has 0 spiro atoms. The second-order valence-corrected chi connectivity index (χ2v) is 4.11. The number of carboxylic acid groups (broad SMARTS) is 2. The number of hydrogen-bond acceptors (Lipinski definition) is 4. The maximum absolute atomic E-state index is 11.9. The Kier molecular flexibility index (Phi) is 3.94. The number of aromatic carboxylic acids is 2. The zero-order valence-electron chi connectivity index (χ0n) is 10.6. The number of nitrogens with zero attached hydrogens (tertiary/aromatic N) is 1. The van der Waals surface area contributed by atoms with Gasteiger partial charge in [0, 0.05) is 18.1 Å². The van der Waals surface area contributed by atoms with Crippen molar-refractivity contribution in [3.63, 3.8) is 0 Å². The molecule has 7 heteroatoms. The molecule has 0 aliphatic rings. The number of carboxylic acids is 2. The first-order valence-corrected chi connectivity index (χ1v) is 5.80. The summed E-state index contributed by atoms with van der Waals surface area (Å²) in [5.74, 6) is -3.08. The van der Waals surface area contributed by atoms with Crippen LogP contribution in [-0.4, -0.2) is 33.0 Å². The van der Waals surface area contributed by atoms with Crippen LogP contribution in [0.3, 0.4) is 0 Å². The molecule has 0 atom stereocenters. The van der Waals surface area contributed by atoms with Crippen LogP contribution in [-0.2, 0) is 0 Å². The molecule has 106 valence electrons. The summed E-state index contributed by atoms with van der Waals surface area (Å²) >= 11 is 0. The highest BCUT2D eigenvalue weighted by Crippen LogP contribution is 2.16. The third kappa shape index (κ3) is 3.41. The Labute approximate surface area is 118 Å². The van der Waals surface area contributed by atoms with Gasteiger partial charge in [0.25, 0.3) is 5.91 Å². The number of pyridine rings is 1. The maximum Gasteiger partial charge on any atom is 0.335 e. The summed E-state index contributed by atoms with van der Waals surface area (Å²) in [5, 5.41) is 20.3. The van der Waals surface area contributed by atoms with E-state index in [9.17, 15) is 14.4 Å². The maximum atomic E-state index is 11.9. The molecular weight excluding hydrogens is 276 g/mol. The normalized spacial score (nSPS) is 9.90. The summed E-state index contributed by atoms with van der Waals surface area (Å²) < 4.78 is 0. The molecule has 0 fully saturated rings. The minimum absolute atomic E-state index is 0.0844. The van der Waals surface area contributed by atoms with E-state index in [2.05, 4.69) is 10.3 Å². The minimum Gasteiger partial charge on any atom is -0.478 e. The number of benzene rings is 1. The van der Waals surface area contributed by atoms with E-state index in [1.54, 1.807) is 6.07 Å². The highest BCUT2D eigenvalue weighted by atomic mass is 16.4. The van der Waals surface area contributed by atoms with Crippen LogP contribution < -0.4 is 5.32 Å². The molecule has 1 amide bonds. The molecule has 1 heterocycles. The number of aromatic nitrogens is 1. The summed E-state index contributed by atoms with van der Waals surface area (Å²) in [6.07, 6.45) is 2.85. The van der Waals surface area contributed by atoms with Gasteiger partial charge in [-0.2, -0.15) is 0 Å². The quantitative estimate of drug-likeness (QED) is 0.788. The molecule has 1 aromatic carbocycles. The van der Waals surface area contributed by atoms with Crippen molar-refractivity contribution in [1.29, 1.82) is 0 Å². The fourth-order valence-electron chi connectivity index (χ4n) is 1.65. The Morgan fingerprint density at radius 3 is 2.05 bits per heavy atom. The third-order valence-corrected chi connectivity index (χ3v) is 2.61. The molecule has 3 N–H and O–H groups in total. The van der Waals surface area contributed by atoms with Crippen molar-refractivity contribution < 1.29 is 24.6 Å². The lowest BCUT2D eigenvalue weighted by Gasteiger charge is -2.07. The van der Waals surface area contributed by atoms with Gasteiger partial charge in [0.2, 0.25) is 0 Å². The van der Waals surface area contributed by atoms with Gasteiger partial charge in [-0.25, -0.2) is 9.59 Å².